The number of nitrogens with one attached hydrogen (secondary N) is 1. The second kappa shape index (κ2) is 6.55. The van der Waals surface area contributed by atoms with Gasteiger partial charge in [-0.15, -0.1) is 0 Å². The fourth-order valence-corrected chi connectivity index (χ4v) is 2.71. The van der Waals surface area contributed by atoms with Gasteiger partial charge in [-0.2, -0.15) is 0 Å². The maximum Gasteiger partial charge on any atom is 0.290 e. The van der Waals surface area contributed by atoms with Crippen LogP contribution in [0.5, 0.6) is 0 Å². The third-order valence-corrected chi connectivity index (χ3v) is 3.79. The summed E-state index contributed by atoms with van der Waals surface area (Å²) < 4.78 is 4.79. The molecule has 2 aromatic heterocycles. The van der Waals surface area contributed by atoms with Crippen molar-refractivity contribution < 1.29 is 14.1 Å². The Hall–Kier alpha value is -2.77. The summed E-state index contributed by atoms with van der Waals surface area (Å²) in [4.78, 5) is 34.0. The number of aromatic nitrogens is 3. The van der Waals surface area contributed by atoms with Gasteiger partial charge in [0.1, 0.15) is 0 Å². The van der Waals surface area contributed by atoms with Gasteiger partial charge in [0.25, 0.3) is 5.91 Å². The van der Waals surface area contributed by atoms with Crippen molar-refractivity contribution in [3.63, 3.8) is 0 Å². The largest absolute Gasteiger partial charge is 0.351 e. The Labute approximate surface area is 132 Å². The first-order chi connectivity index (χ1) is 11.1. The van der Waals surface area contributed by atoms with E-state index in [0.29, 0.717) is 5.69 Å². The molecule has 2 aromatic rings. The third kappa shape index (κ3) is 3.36. The molecule has 120 valence electrons. The van der Waals surface area contributed by atoms with Crippen LogP contribution in [0, 0.1) is 0 Å². The summed E-state index contributed by atoms with van der Waals surface area (Å²) in [5.74, 6) is -0.174. The van der Waals surface area contributed by atoms with Crippen molar-refractivity contribution in [2.24, 2.45) is 0 Å². The SMILES string of the molecule is CC(=O)N1CCC[C@H]1c1cncc(CNC(=O)c2ccno2)n1. The highest BCUT2D eigenvalue weighted by Crippen LogP contribution is 2.30. The first-order valence-electron chi connectivity index (χ1n) is 7.42. The highest BCUT2D eigenvalue weighted by molar-refractivity contribution is 5.91. The Balaban J connectivity index is 1.68. The van der Waals surface area contributed by atoms with Crippen molar-refractivity contribution in [1.29, 1.82) is 0 Å². The number of likely N-dealkylation sites (tertiary alicyclic amines) is 1. The lowest BCUT2D eigenvalue weighted by Gasteiger charge is -2.22. The van der Waals surface area contributed by atoms with E-state index in [1.807, 2.05) is 0 Å². The molecule has 1 atom stereocenters. The maximum absolute atomic E-state index is 11.8. The van der Waals surface area contributed by atoms with Crippen LogP contribution < -0.4 is 5.32 Å². The van der Waals surface area contributed by atoms with Crippen LogP contribution >= 0.6 is 0 Å². The van der Waals surface area contributed by atoms with Crippen molar-refractivity contribution in [3.05, 3.63) is 41.8 Å². The van der Waals surface area contributed by atoms with Gasteiger partial charge in [-0.25, -0.2) is 0 Å². The van der Waals surface area contributed by atoms with Crippen LogP contribution in [-0.4, -0.2) is 38.4 Å². The molecular weight excluding hydrogens is 298 g/mol. The molecule has 0 aliphatic carbocycles. The molecule has 8 heteroatoms. The minimum absolute atomic E-state index is 0.0371. The third-order valence-electron chi connectivity index (χ3n) is 3.79. The van der Waals surface area contributed by atoms with Gasteiger partial charge in [0.15, 0.2) is 0 Å². The van der Waals surface area contributed by atoms with Gasteiger partial charge in [-0.05, 0) is 12.8 Å². The van der Waals surface area contributed by atoms with Crippen molar-refractivity contribution in [2.45, 2.75) is 32.4 Å². The van der Waals surface area contributed by atoms with Gasteiger partial charge < -0.3 is 14.7 Å². The van der Waals surface area contributed by atoms with Crippen molar-refractivity contribution in [2.75, 3.05) is 6.54 Å². The van der Waals surface area contributed by atoms with Crippen molar-refractivity contribution in [1.82, 2.24) is 25.3 Å². The molecule has 0 radical (unpaired) electrons. The number of hydrogen-bond acceptors (Lipinski definition) is 6. The second-order valence-electron chi connectivity index (χ2n) is 5.37. The summed E-state index contributed by atoms with van der Waals surface area (Å²) in [6.45, 7) is 2.54. The fraction of sp³-hybridized carbons (Fsp3) is 0.400. The molecule has 0 aromatic carbocycles. The molecule has 0 unspecified atom stereocenters. The lowest BCUT2D eigenvalue weighted by atomic mass is 10.1. The number of rotatable bonds is 4. The molecule has 0 saturated carbocycles. The fourth-order valence-electron chi connectivity index (χ4n) is 2.71. The lowest BCUT2D eigenvalue weighted by molar-refractivity contribution is -0.129. The average Bonchev–Trinajstić information content (AvgIpc) is 3.23. The molecule has 3 rings (SSSR count). The van der Waals surface area contributed by atoms with Crippen LogP contribution in [0.1, 0.15) is 47.7 Å². The first-order valence-corrected chi connectivity index (χ1v) is 7.42. The normalized spacial score (nSPS) is 17.3. The van der Waals surface area contributed by atoms with Gasteiger partial charge in [0.2, 0.25) is 11.7 Å². The Morgan fingerprint density at radius 3 is 3.04 bits per heavy atom. The van der Waals surface area contributed by atoms with Crippen LogP contribution in [0.4, 0.5) is 0 Å². The van der Waals surface area contributed by atoms with Crippen LogP contribution in [0.2, 0.25) is 0 Å². The van der Waals surface area contributed by atoms with E-state index in [4.69, 9.17) is 4.52 Å². The van der Waals surface area contributed by atoms with E-state index in [9.17, 15) is 9.59 Å². The van der Waals surface area contributed by atoms with Gasteiger partial charge >= 0.3 is 0 Å². The minimum atomic E-state index is -0.360. The van der Waals surface area contributed by atoms with Crippen LogP contribution in [0.25, 0.3) is 0 Å². The zero-order valence-electron chi connectivity index (χ0n) is 12.7. The van der Waals surface area contributed by atoms with Gasteiger partial charge in [-0.1, -0.05) is 5.16 Å². The predicted molar refractivity (Wildman–Crippen MR) is 79.1 cm³/mol. The van der Waals surface area contributed by atoms with E-state index >= 15 is 0 Å². The Bertz CT molecular complexity index is 701. The number of nitrogens with zero attached hydrogens (tertiary/aromatic N) is 4. The lowest BCUT2D eigenvalue weighted by Crippen LogP contribution is -2.29. The molecule has 1 aliphatic rings. The standard InChI is InChI=1S/C15H17N5O3/c1-10(21)20-6-2-3-13(20)12-9-16-7-11(19-12)8-17-15(22)14-4-5-18-23-14/h4-5,7,9,13H,2-3,6,8H2,1H3,(H,17,22)/t13-/m0/s1. The molecular formula is C15H17N5O3. The number of amides is 2. The highest BCUT2D eigenvalue weighted by atomic mass is 16.5. The number of carbonyl (C=O) groups excluding carboxylic acids is 2. The molecule has 1 aliphatic heterocycles. The molecule has 1 N–H and O–H groups in total. The minimum Gasteiger partial charge on any atom is -0.351 e. The number of carbonyl (C=O) groups is 2. The molecule has 2 amide bonds. The number of hydrogen-bond donors (Lipinski definition) is 1. The quantitative estimate of drug-likeness (QED) is 0.906. The summed E-state index contributed by atoms with van der Waals surface area (Å²) in [5.41, 5.74) is 1.38. The van der Waals surface area contributed by atoms with Gasteiger partial charge in [-0.3, -0.25) is 19.6 Å². The molecule has 0 spiro atoms. The predicted octanol–water partition coefficient (Wildman–Crippen LogP) is 1.08. The average molecular weight is 315 g/mol. The Kier molecular flexibility index (Phi) is 4.31. The van der Waals surface area contributed by atoms with Crippen molar-refractivity contribution in [3.8, 4) is 0 Å². The topological polar surface area (TPSA) is 101 Å². The molecule has 23 heavy (non-hydrogen) atoms. The zero-order valence-corrected chi connectivity index (χ0v) is 12.7. The van der Waals surface area contributed by atoms with E-state index in [1.165, 1.54) is 12.3 Å². The second-order valence-corrected chi connectivity index (χ2v) is 5.37. The van der Waals surface area contributed by atoms with Crippen LogP contribution in [0.3, 0.4) is 0 Å². The van der Waals surface area contributed by atoms with Gasteiger partial charge in [0, 0.05) is 19.5 Å². The summed E-state index contributed by atoms with van der Waals surface area (Å²) in [7, 11) is 0. The van der Waals surface area contributed by atoms with E-state index in [0.717, 1.165) is 25.1 Å². The maximum atomic E-state index is 11.8. The van der Waals surface area contributed by atoms with E-state index in [1.54, 1.807) is 24.2 Å². The van der Waals surface area contributed by atoms with Crippen LogP contribution in [-0.2, 0) is 11.3 Å². The zero-order chi connectivity index (χ0) is 16.2. The van der Waals surface area contributed by atoms with E-state index in [2.05, 4.69) is 20.4 Å². The van der Waals surface area contributed by atoms with E-state index < -0.39 is 0 Å². The summed E-state index contributed by atoms with van der Waals surface area (Å²) in [6, 6.07) is 1.45. The summed E-state index contributed by atoms with van der Waals surface area (Å²) in [6.07, 6.45) is 6.51. The van der Waals surface area contributed by atoms with Gasteiger partial charge in [0.05, 0.1) is 42.6 Å². The Morgan fingerprint density at radius 2 is 2.30 bits per heavy atom. The molecule has 3 heterocycles. The molecule has 8 nitrogen and oxygen atoms in total. The Morgan fingerprint density at radius 1 is 1.43 bits per heavy atom. The molecule has 1 fully saturated rings. The van der Waals surface area contributed by atoms with Crippen LogP contribution in [0.15, 0.2) is 29.2 Å². The highest BCUT2D eigenvalue weighted by Gasteiger charge is 2.29. The van der Waals surface area contributed by atoms with Crippen molar-refractivity contribution >= 4 is 11.8 Å². The summed E-state index contributed by atoms with van der Waals surface area (Å²) in [5, 5.41) is 6.19. The molecule has 0 bridgehead atoms. The van der Waals surface area contributed by atoms with E-state index in [-0.39, 0.29) is 30.2 Å². The smallest absolute Gasteiger partial charge is 0.290 e. The first kappa shape index (κ1) is 15.1. The molecule has 1 saturated heterocycles. The monoisotopic (exact) mass is 315 g/mol. The summed E-state index contributed by atoms with van der Waals surface area (Å²) >= 11 is 0.